The number of nitrogens with one attached hydrogen (secondary N) is 1. The van der Waals surface area contributed by atoms with Crippen LogP contribution in [-0.2, 0) is 4.74 Å². The number of aliphatic hydroxyl groups is 1. The van der Waals surface area contributed by atoms with Crippen LogP contribution in [0.2, 0.25) is 0 Å². The Morgan fingerprint density at radius 3 is 2.89 bits per heavy atom. The fraction of sp³-hybridized carbons (Fsp3) is 1.00. The van der Waals surface area contributed by atoms with Crippen LogP contribution >= 0.6 is 0 Å². The van der Waals surface area contributed by atoms with E-state index < -0.39 is 0 Å². The lowest BCUT2D eigenvalue weighted by atomic mass is 9.85. The molecule has 2 heterocycles. The predicted octanol–water partition coefficient (Wildman–Crippen LogP) is 0.602. The second kappa shape index (κ2) is 5.45. The Kier molecular flexibility index (Phi) is 3.89. The fourth-order valence-corrected chi connectivity index (χ4v) is 3.27. The van der Waals surface area contributed by atoms with Gasteiger partial charge in [-0.3, -0.25) is 0 Å². The summed E-state index contributed by atoms with van der Waals surface area (Å²) in [5.74, 6) is 0. The summed E-state index contributed by atoms with van der Waals surface area (Å²) in [7, 11) is 0. The summed E-state index contributed by atoms with van der Waals surface area (Å²) in [5.41, 5.74) is 0.291. The smallest absolute Gasteiger partial charge is 0.0667 e. The van der Waals surface area contributed by atoms with E-state index in [4.69, 9.17) is 4.74 Å². The van der Waals surface area contributed by atoms with Crippen molar-refractivity contribution >= 4 is 0 Å². The van der Waals surface area contributed by atoms with Crippen LogP contribution in [0, 0.1) is 5.41 Å². The minimum Gasteiger partial charge on any atom is -0.392 e. The van der Waals surface area contributed by atoms with Gasteiger partial charge in [0.25, 0.3) is 0 Å². The number of hydrogen-bond acceptors (Lipinski definition) is 4. The molecule has 3 fully saturated rings. The highest BCUT2D eigenvalue weighted by molar-refractivity contribution is 4.92. The standard InChI is InChI=1S/C14H26N2O2/c17-13-2-1-6-16(8-13)10-14(5-7-18-11-14)9-15-12-3-4-12/h12-13,15,17H,1-11H2. The van der Waals surface area contributed by atoms with Gasteiger partial charge in [0.05, 0.1) is 12.7 Å². The van der Waals surface area contributed by atoms with Crippen molar-refractivity contribution in [2.45, 2.75) is 44.2 Å². The number of hydrogen-bond donors (Lipinski definition) is 2. The number of nitrogens with zero attached hydrogens (tertiary/aromatic N) is 1. The Labute approximate surface area is 110 Å². The van der Waals surface area contributed by atoms with Gasteiger partial charge in [-0.15, -0.1) is 0 Å². The molecule has 104 valence electrons. The maximum absolute atomic E-state index is 9.78. The van der Waals surface area contributed by atoms with Gasteiger partial charge in [0, 0.05) is 37.7 Å². The molecule has 4 heteroatoms. The van der Waals surface area contributed by atoms with E-state index in [-0.39, 0.29) is 6.10 Å². The Bertz CT molecular complexity index is 275. The predicted molar refractivity (Wildman–Crippen MR) is 70.6 cm³/mol. The molecule has 0 aromatic heterocycles. The van der Waals surface area contributed by atoms with Gasteiger partial charge < -0.3 is 20.1 Å². The molecular weight excluding hydrogens is 228 g/mol. The largest absolute Gasteiger partial charge is 0.392 e. The van der Waals surface area contributed by atoms with E-state index in [1.54, 1.807) is 0 Å². The Morgan fingerprint density at radius 2 is 2.22 bits per heavy atom. The van der Waals surface area contributed by atoms with Crippen LogP contribution in [0.3, 0.4) is 0 Å². The van der Waals surface area contributed by atoms with Crippen molar-refractivity contribution in [1.29, 1.82) is 0 Å². The Morgan fingerprint density at radius 1 is 1.33 bits per heavy atom. The maximum atomic E-state index is 9.78. The number of aliphatic hydroxyl groups excluding tert-OH is 1. The van der Waals surface area contributed by atoms with E-state index in [0.29, 0.717) is 5.41 Å². The lowest BCUT2D eigenvalue weighted by Gasteiger charge is -2.38. The molecule has 3 rings (SSSR count). The zero-order valence-electron chi connectivity index (χ0n) is 11.2. The third-order valence-corrected chi connectivity index (χ3v) is 4.57. The summed E-state index contributed by atoms with van der Waals surface area (Å²) >= 11 is 0. The van der Waals surface area contributed by atoms with E-state index in [1.165, 1.54) is 19.3 Å². The summed E-state index contributed by atoms with van der Waals surface area (Å²) in [6.07, 6.45) is 5.85. The fourth-order valence-electron chi connectivity index (χ4n) is 3.27. The molecule has 2 unspecified atom stereocenters. The molecule has 2 saturated heterocycles. The average molecular weight is 254 g/mol. The molecule has 4 nitrogen and oxygen atoms in total. The molecule has 0 aromatic rings. The molecule has 0 spiro atoms. The van der Waals surface area contributed by atoms with Gasteiger partial charge in [-0.05, 0) is 38.6 Å². The van der Waals surface area contributed by atoms with Crippen LogP contribution < -0.4 is 5.32 Å². The lowest BCUT2D eigenvalue weighted by Crippen LogP contribution is -2.49. The maximum Gasteiger partial charge on any atom is 0.0667 e. The quantitative estimate of drug-likeness (QED) is 0.754. The van der Waals surface area contributed by atoms with Gasteiger partial charge >= 0.3 is 0 Å². The van der Waals surface area contributed by atoms with Crippen LogP contribution in [0.25, 0.3) is 0 Å². The third-order valence-electron chi connectivity index (χ3n) is 4.57. The minimum atomic E-state index is -0.116. The van der Waals surface area contributed by atoms with Crippen LogP contribution in [0.1, 0.15) is 32.1 Å². The first-order chi connectivity index (χ1) is 8.76. The van der Waals surface area contributed by atoms with Gasteiger partial charge in [-0.25, -0.2) is 0 Å². The molecule has 1 aliphatic carbocycles. The number of piperidine rings is 1. The number of likely N-dealkylation sites (tertiary alicyclic amines) is 1. The first-order valence-electron chi connectivity index (χ1n) is 7.47. The molecule has 0 amide bonds. The van der Waals surface area contributed by atoms with Crippen LogP contribution in [0.5, 0.6) is 0 Å². The highest BCUT2D eigenvalue weighted by Gasteiger charge is 2.38. The molecule has 0 radical (unpaired) electrons. The first-order valence-corrected chi connectivity index (χ1v) is 7.47. The van der Waals surface area contributed by atoms with Gasteiger partial charge in [0.2, 0.25) is 0 Å². The molecule has 2 atom stereocenters. The molecule has 2 N–H and O–H groups in total. The second-order valence-electron chi connectivity index (χ2n) is 6.49. The van der Waals surface area contributed by atoms with Crippen LogP contribution in [0.4, 0.5) is 0 Å². The Balaban J connectivity index is 1.54. The monoisotopic (exact) mass is 254 g/mol. The summed E-state index contributed by atoms with van der Waals surface area (Å²) in [4.78, 5) is 2.44. The van der Waals surface area contributed by atoms with Gasteiger partial charge in [0.1, 0.15) is 0 Å². The summed E-state index contributed by atoms with van der Waals surface area (Å²) in [5, 5.41) is 13.4. The van der Waals surface area contributed by atoms with E-state index in [0.717, 1.165) is 58.3 Å². The molecule has 0 bridgehead atoms. The van der Waals surface area contributed by atoms with Crippen molar-refractivity contribution in [3.8, 4) is 0 Å². The topological polar surface area (TPSA) is 44.7 Å². The zero-order valence-corrected chi connectivity index (χ0v) is 11.2. The third kappa shape index (κ3) is 3.23. The van der Waals surface area contributed by atoms with E-state index in [9.17, 15) is 5.11 Å². The molecule has 0 aromatic carbocycles. The van der Waals surface area contributed by atoms with Gasteiger partial charge in [-0.1, -0.05) is 0 Å². The molecule has 1 saturated carbocycles. The van der Waals surface area contributed by atoms with Crippen molar-refractivity contribution in [2.75, 3.05) is 39.4 Å². The minimum absolute atomic E-state index is 0.116. The van der Waals surface area contributed by atoms with Crippen molar-refractivity contribution in [3.63, 3.8) is 0 Å². The lowest BCUT2D eigenvalue weighted by molar-refractivity contribution is 0.0378. The number of rotatable bonds is 5. The average Bonchev–Trinajstić information content (AvgIpc) is 3.08. The highest BCUT2D eigenvalue weighted by Crippen LogP contribution is 2.31. The molecule has 18 heavy (non-hydrogen) atoms. The highest BCUT2D eigenvalue weighted by atomic mass is 16.5. The van der Waals surface area contributed by atoms with E-state index in [2.05, 4.69) is 10.2 Å². The van der Waals surface area contributed by atoms with Gasteiger partial charge in [0.15, 0.2) is 0 Å². The van der Waals surface area contributed by atoms with Gasteiger partial charge in [-0.2, -0.15) is 0 Å². The first kappa shape index (κ1) is 12.9. The van der Waals surface area contributed by atoms with Crippen molar-refractivity contribution < 1.29 is 9.84 Å². The summed E-state index contributed by atoms with van der Waals surface area (Å²) < 4.78 is 5.65. The number of ether oxygens (including phenoxy) is 1. The molecule has 2 aliphatic heterocycles. The summed E-state index contributed by atoms with van der Waals surface area (Å²) in [6.45, 7) is 5.96. The Hall–Kier alpha value is -0.160. The SMILES string of the molecule is OC1CCCN(CC2(CNC3CC3)CCOC2)C1. The van der Waals surface area contributed by atoms with E-state index >= 15 is 0 Å². The van der Waals surface area contributed by atoms with Crippen molar-refractivity contribution in [1.82, 2.24) is 10.2 Å². The van der Waals surface area contributed by atoms with Crippen LogP contribution in [-0.4, -0.2) is 61.5 Å². The summed E-state index contributed by atoms with van der Waals surface area (Å²) in [6, 6.07) is 0.773. The normalized spacial score (nSPS) is 38.2. The molecular formula is C14H26N2O2. The zero-order chi connectivity index (χ0) is 12.4. The van der Waals surface area contributed by atoms with Crippen molar-refractivity contribution in [3.05, 3.63) is 0 Å². The second-order valence-corrected chi connectivity index (χ2v) is 6.49. The van der Waals surface area contributed by atoms with Crippen LogP contribution in [0.15, 0.2) is 0 Å². The molecule has 3 aliphatic rings. The van der Waals surface area contributed by atoms with Crippen molar-refractivity contribution in [2.24, 2.45) is 5.41 Å². The number of β-amino-alcohol motifs (C(OH)–C–C–N with tert-alkyl or cyclic N) is 1. The van der Waals surface area contributed by atoms with E-state index in [1.807, 2.05) is 0 Å².